The van der Waals surface area contributed by atoms with Gasteiger partial charge in [0.05, 0.1) is 38.5 Å². The van der Waals surface area contributed by atoms with Gasteiger partial charge in [-0.05, 0) is 108 Å². The zero-order chi connectivity index (χ0) is 54.3. The minimum Gasteiger partial charge on any atom is -0.456 e. The summed E-state index contributed by atoms with van der Waals surface area (Å²) in [6, 6.07) is 91.5. The van der Waals surface area contributed by atoms with Crippen LogP contribution in [0.4, 0.5) is 0 Å². The molecule has 6 heterocycles. The van der Waals surface area contributed by atoms with Crippen molar-refractivity contribution in [2.24, 2.45) is 0 Å². The van der Waals surface area contributed by atoms with E-state index in [4.69, 9.17) is 28.2 Å². The first kappa shape index (κ1) is 45.5. The van der Waals surface area contributed by atoms with E-state index in [0.29, 0.717) is 17.5 Å². The maximum atomic E-state index is 7.41. The molecule has 0 radical (unpaired) electrons. The number of aromatic nitrogens is 5. The Bertz CT molecular complexity index is 5500. The Morgan fingerprint density at radius 1 is 0.253 bits per heavy atom. The van der Waals surface area contributed by atoms with Gasteiger partial charge in [-0.25, -0.2) is 15.0 Å². The molecule has 0 unspecified atom stereocenters. The van der Waals surface area contributed by atoms with Crippen LogP contribution in [0, 0.1) is 0 Å². The summed E-state index contributed by atoms with van der Waals surface area (Å²) in [5, 5.41) is 10.7. The summed E-state index contributed by atoms with van der Waals surface area (Å²) < 4.78 is 25.1. The van der Waals surface area contributed by atoms with Crippen LogP contribution in [-0.2, 0) is 0 Å². The summed E-state index contributed by atoms with van der Waals surface area (Å²) in [4.78, 5) is 16.1. The molecular weight excluding hydrogens is 1020 g/mol. The number of furan rings is 3. The molecule has 386 valence electrons. The molecule has 83 heavy (non-hydrogen) atoms. The lowest BCUT2D eigenvalue weighted by Gasteiger charge is -2.21. The molecule has 0 saturated carbocycles. The van der Waals surface area contributed by atoms with Crippen molar-refractivity contribution in [3.63, 3.8) is 0 Å². The molecule has 8 nitrogen and oxygen atoms in total. The van der Waals surface area contributed by atoms with Crippen molar-refractivity contribution >= 4 is 109 Å². The van der Waals surface area contributed by atoms with Gasteiger partial charge in [0.2, 0.25) is 0 Å². The zero-order valence-corrected chi connectivity index (χ0v) is 44.3. The Morgan fingerprint density at radius 2 is 0.651 bits per heavy atom. The highest BCUT2D eigenvalue weighted by Gasteiger charge is 2.27. The molecule has 0 aliphatic rings. The number of nitrogens with zero attached hydrogens (tertiary/aromatic N) is 5. The Labute approximate surface area is 473 Å². The van der Waals surface area contributed by atoms with Gasteiger partial charge in [0.25, 0.3) is 0 Å². The number of hydrogen-bond acceptors (Lipinski definition) is 6. The van der Waals surface area contributed by atoms with Crippen LogP contribution in [0.15, 0.2) is 274 Å². The zero-order valence-electron chi connectivity index (χ0n) is 44.3. The van der Waals surface area contributed by atoms with Gasteiger partial charge in [0.1, 0.15) is 33.5 Å². The molecule has 0 aliphatic carbocycles. The number of fused-ring (bicyclic) bond motifs is 17. The minimum atomic E-state index is 0.516. The molecule has 0 spiro atoms. The second kappa shape index (κ2) is 17.6. The molecule has 0 saturated heterocycles. The van der Waals surface area contributed by atoms with Crippen molar-refractivity contribution in [3.8, 4) is 67.8 Å². The minimum absolute atomic E-state index is 0.516. The summed E-state index contributed by atoms with van der Waals surface area (Å²) >= 11 is 0. The predicted molar refractivity (Wildman–Crippen MR) is 338 cm³/mol. The van der Waals surface area contributed by atoms with Gasteiger partial charge in [-0.15, -0.1) is 0 Å². The molecule has 0 atom stereocenters. The fraction of sp³-hybridized carbons (Fsp3) is 0. The van der Waals surface area contributed by atoms with E-state index in [1.807, 2.05) is 48.5 Å². The van der Waals surface area contributed by atoms with Gasteiger partial charge in [-0.3, -0.25) is 0 Å². The first-order valence-corrected chi connectivity index (χ1v) is 27.9. The lowest BCUT2D eigenvalue weighted by atomic mass is 9.92. The highest BCUT2D eigenvalue weighted by molar-refractivity contribution is 6.29. The van der Waals surface area contributed by atoms with E-state index < -0.39 is 0 Å². The van der Waals surface area contributed by atoms with Crippen LogP contribution in [-0.4, -0.2) is 24.1 Å². The first-order chi connectivity index (χ1) is 41.1. The van der Waals surface area contributed by atoms with E-state index in [2.05, 4.69) is 221 Å². The smallest absolute Gasteiger partial charge is 0.164 e. The maximum absolute atomic E-state index is 7.41. The molecule has 0 N–H and O–H groups in total. The fourth-order valence-electron chi connectivity index (χ4n) is 13.1. The molecule has 0 bridgehead atoms. The molecule has 0 amide bonds. The van der Waals surface area contributed by atoms with Gasteiger partial charge in [-0.1, -0.05) is 164 Å². The van der Waals surface area contributed by atoms with Gasteiger partial charge in [0, 0.05) is 76.6 Å². The quantitative estimate of drug-likeness (QED) is 0.158. The molecule has 0 aliphatic heterocycles. The molecule has 0 fully saturated rings. The fourth-order valence-corrected chi connectivity index (χ4v) is 13.1. The summed E-state index contributed by atoms with van der Waals surface area (Å²) in [5.74, 6) is 1.55. The van der Waals surface area contributed by atoms with Crippen LogP contribution in [0.1, 0.15) is 0 Å². The highest BCUT2D eigenvalue weighted by Crippen LogP contribution is 2.48. The van der Waals surface area contributed by atoms with Crippen LogP contribution in [0.25, 0.3) is 177 Å². The molecular formula is C75H43N5O3. The van der Waals surface area contributed by atoms with Crippen molar-refractivity contribution < 1.29 is 13.3 Å². The summed E-state index contributed by atoms with van der Waals surface area (Å²) in [7, 11) is 0. The third-order valence-corrected chi connectivity index (χ3v) is 16.8. The van der Waals surface area contributed by atoms with E-state index in [1.165, 1.54) is 0 Å². The normalized spacial score (nSPS) is 12.1. The molecule has 18 rings (SSSR count). The number of rotatable bonds is 7. The average molecular weight is 1060 g/mol. The Balaban J connectivity index is 0.903. The number of benzene rings is 12. The van der Waals surface area contributed by atoms with Crippen LogP contribution >= 0.6 is 0 Å². The van der Waals surface area contributed by atoms with Gasteiger partial charge >= 0.3 is 0 Å². The number of para-hydroxylation sites is 5. The lowest BCUT2D eigenvalue weighted by Crippen LogP contribution is -2.04. The molecule has 12 aromatic carbocycles. The van der Waals surface area contributed by atoms with E-state index in [0.717, 1.165) is 160 Å². The van der Waals surface area contributed by atoms with E-state index in [9.17, 15) is 0 Å². The maximum Gasteiger partial charge on any atom is 0.164 e. The van der Waals surface area contributed by atoms with Crippen LogP contribution < -0.4 is 0 Å². The topological polar surface area (TPSA) is 87.9 Å². The van der Waals surface area contributed by atoms with Gasteiger partial charge < -0.3 is 22.4 Å². The third kappa shape index (κ3) is 6.84. The second-order valence-corrected chi connectivity index (χ2v) is 21.4. The Kier molecular flexibility index (Phi) is 9.64. The summed E-state index contributed by atoms with van der Waals surface area (Å²) in [6.45, 7) is 0. The Morgan fingerprint density at radius 3 is 1.17 bits per heavy atom. The molecule has 8 heteroatoms. The molecule has 18 aromatic rings. The standard InChI is InChI=1S/C75H43N5O3/c1-4-18-44(19-5-1)58-40-48(75-77-73(46-32-34-52-50-24-12-16-30-64(50)81-66(52)42-46)76-74(78-75)47-33-35-53-51-25-13-17-31-65(51)82-67(53)43-47)41-59(45-20-6-2-7-21-45)70(58)80-61-29-15-11-27-57(61)69-63(80)39-37-55-54-36-38-62-68(71(54)83-72(55)69)56-26-10-14-28-60(56)79(62)49-22-8-3-9-23-49/h1-43H. The monoisotopic (exact) mass is 1060 g/mol. The van der Waals surface area contributed by atoms with Crippen LogP contribution in [0.5, 0.6) is 0 Å². The SMILES string of the molecule is c1ccc(-c2cc(-c3nc(-c4ccc5c(c4)oc4ccccc45)nc(-c4ccc5c(c4)oc4ccccc45)n3)cc(-c3ccccc3)c2-n2c3ccccc3c3c4oc5c(ccc6c5c5ccccc5n6-c5ccccc5)c4ccc32)cc1. The van der Waals surface area contributed by atoms with Gasteiger partial charge in [0.15, 0.2) is 17.5 Å². The average Bonchev–Trinajstić information content (AvgIpc) is 1.86. The first-order valence-electron chi connectivity index (χ1n) is 27.9. The van der Waals surface area contributed by atoms with Crippen molar-refractivity contribution in [2.45, 2.75) is 0 Å². The predicted octanol–water partition coefficient (Wildman–Crippen LogP) is 20.1. The van der Waals surface area contributed by atoms with Crippen LogP contribution in [0.2, 0.25) is 0 Å². The molecule has 6 aromatic heterocycles. The van der Waals surface area contributed by atoms with Crippen molar-refractivity contribution in [1.82, 2.24) is 24.1 Å². The summed E-state index contributed by atoms with van der Waals surface area (Å²) in [5.41, 5.74) is 17.8. The Hall–Kier alpha value is -11.4. The lowest BCUT2D eigenvalue weighted by molar-refractivity contribution is 0.668. The van der Waals surface area contributed by atoms with E-state index in [-0.39, 0.29) is 0 Å². The largest absolute Gasteiger partial charge is 0.456 e. The van der Waals surface area contributed by atoms with E-state index in [1.54, 1.807) is 0 Å². The van der Waals surface area contributed by atoms with Crippen molar-refractivity contribution in [3.05, 3.63) is 261 Å². The van der Waals surface area contributed by atoms with Crippen molar-refractivity contribution in [1.29, 1.82) is 0 Å². The van der Waals surface area contributed by atoms with Crippen LogP contribution in [0.3, 0.4) is 0 Å². The summed E-state index contributed by atoms with van der Waals surface area (Å²) in [6.07, 6.45) is 0. The van der Waals surface area contributed by atoms with Gasteiger partial charge in [-0.2, -0.15) is 0 Å². The third-order valence-electron chi connectivity index (χ3n) is 16.8. The second-order valence-electron chi connectivity index (χ2n) is 21.4. The highest BCUT2D eigenvalue weighted by atomic mass is 16.3. The van der Waals surface area contributed by atoms with E-state index >= 15 is 0 Å². The number of hydrogen-bond donors (Lipinski definition) is 0. The van der Waals surface area contributed by atoms with Crippen molar-refractivity contribution in [2.75, 3.05) is 0 Å².